The maximum Gasteiger partial charge on any atom is 0.355 e. The van der Waals surface area contributed by atoms with Gasteiger partial charge >= 0.3 is 5.97 Å². The zero-order valence-electron chi connectivity index (χ0n) is 9.07. The summed E-state index contributed by atoms with van der Waals surface area (Å²) < 4.78 is 5.16. The number of hydrogen-bond acceptors (Lipinski definition) is 2. The Kier molecular flexibility index (Phi) is 3.05. The van der Waals surface area contributed by atoms with Gasteiger partial charge in [0.1, 0.15) is 12.3 Å². The van der Waals surface area contributed by atoms with E-state index in [0.717, 1.165) is 11.3 Å². The molecule has 2 aromatic rings. The maximum absolute atomic E-state index is 11.6. The molecule has 1 aromatic carbocycles. The lowest BCUT2D eigenvalue weighted by Crippen LogP contribution is -2.05. The Hall–Kier alpha value is -2.03. The van der Waals surface area contributed by atoms with E-state index in [4.69, 9.17) is 4.74 Å². The zero-order valence-corrected chi connectivity index (χ0v) is 9.07. The highest BCUT2D eigenvalue weighted by Crippen LogP contribution is 2.06. The number of aromatic nitrogens is 1. The van der Waals surface area contributed by atoms with Crippen LogP contribution in [0.25, 0.3) is 0 Å². The van der Waals surface area contributed by atoms with E-state index >= 15 is 0 Å². The number of rotatable bonds is 3. The van der Waals surface area contributed by atoms with Crippen LogP contribution < -0.4 is 0 Å². The molecule has 82 valence electrons. The van der Waals surface area contributed by atoms with Gasteiger partial charge in [0.2, 0.25) is 0 Å². The molecular formula is C13H13NO2. The fourth-order valence-corrected chi connectivity index (χ4v) is 1.42. The van der Waals surface area contributed by atoms with Crippen molar-refractivity contribution in [3.63, 3.8) is 0 Å². The third-order valence-corrected chi connectivity index (χ3v) is 2.26. The van der Waals surface area contributed by atoms with Crippen molar-refractivity contribution in [1.82, 2.24) is 4.98 Å². The zero-order chi connectivity index (χ0) is 11.4. The van der Waals surface area contributed by atoms with E-state index in [1.54, 1.807) is 6.07 Å². The van der Waals surface area contributed by atoms with Crippen molar-refractivity contribution in [2.24, 2.45) is 0 Å². The number of aryl methyl sites for hydroxylation is 1. The fourth-order valence-electron chi connectivity index (χ4n) is 1.42. The van der Waals surface area contributed by atoms with Crippen molar-refractivity contribution in [3.8, 4) is 0 Å². The van der Waals surface area contributed by atoms with Gasteiger partial charge in [0.05, 0.1) is 0 Å². The smallest absolute Gasteiger partial charge is 0.355 e. The van der Waals surface area contributed by atoms with E-state index in [1.807, 2.05) is 43.3 Å². The number of hydrogen-bond donors (Lipinski definition) is 1. The molecule has 0 amide bonds. The van der Waals surface area contributed by atoms with Crippen LogP contribution in [0.3, 0.4) is 0 Å². The molecular weight excluding hydrogens is 202 g/mol. The first kappa shape index (κ1) is 10.5. The monoisotopic (exact) mass is 215 g/mol. The Morgan fingerprint density at radius 2 is 1.94 bits per heavy atom. The quantitative estimate of drug-likeness (QED) is 0.800. The minimum absolute atomic E-state index is 0.303. The van der Waals surface area contributed by atoms with Gasteiger partial charge in [-0.25, -0.2) is 4.79 Å². The summed E-state index contributed by atoms with van der Waals surface area (Å²) in [6.45, 7) is 2.20. The minimum atomic E-state index is -0.322. The van der Waals surface area contributed by atoms with E-state index in [0.29, 0.717) is 12.3 Å². The lowest BCUT2D eigenvalue weighted by molar-refractivity contribution is 0.0466. The number of H-pyrrole nitrogens is 1. The van der Waals surface area contributed by atoms with Crippen molar-refractivity contribution in [1.29, 1.82) is 0 Å². The predicted octanol–water partition coefficient (Wildman–Crippen LogP) is 2.68. The molecule has 1 aromatic heterocycles. The summed E-state index contributed by atoms with van der Waals surface area (Å²) >= 11 is 0. The van der Waals surface area contributed by atoms with E-state index in [-0.39, 0.29) is 5.97 Å². The van der Waals surface area contributed by atoms with Gasteiger partial charge in [-0.05, 0) is 24.6 Å². The van der Waals surface area contributed by atoms with Crippen molar-refractivity contribution in [3.05, 3.63) is 59.4 Å². The molecule has 0 aliphatic rings. The summed E-state index contributed by atoms with van der Waals surface area (Å²) in [5.41, 5.74) is 2.43. The molecule has 0 aliphatic carbocycles. The highest BCUT2D eigenvalue weighted by atomic mass is 16.5. The molecule has 0 aliphatic heterocycles. The molecule has 3 nitrogen and oxygen atoms in total. The molecule has 0 saturated heterocycles. The molecule has 0 saturated carbocycles. The maximum atomic E-state index is 11.6. The normalized spacial score (nSPS) is 10.1. The molecule has 2 rings (SSSR count). The van der Waals surface area contributed by atoms with E-state index in [1.165, 1.54) is 0 Å². The first-order chi connectivity index (χ1) is 7.75. The largest absolute Gasteiger partial charge is 0.456 e. The average Bonchev–Trinajstić information content (AvgIpc) is 2.74. The SMILES string of the molecule is Cc1ccc(C(=O)OCc2ccccc2)[nH]1. The summed E-state index contributed by atoms with van der Waals surface area (Å²) in [4.78, 5) is 14.5. The van der Waals surface area contributed by atoms with Crippen LogP contribution in [-0.2, 0) is 11.3 Å². The first-order valence-electron chi connectivity index (χ1n) is 5.12. The van der Waals surface area contributed by atoms with Gasteiger partial charge in [0.15, 0.2) is 0 Å². The number of aromatic amines is 1. The number of esters is 1. The molecule has 0 fully saturated rings. The highest BCUT2D eigenvalue weighted by molar-refractivity contribution is 5.87. The Labute approximate surface area is 94.1 Å². The Morgan fingerprint density at radius 1 is 1.19 bits per heavy atom. The number of carbonyl (C=O) groups excluding carboxylic acids is 1. The number of nitrogens with one attached hydrogen (secondary N) is 1. The molecule has 16 heavy (non-hydrogen) atoms. The van der Waals surface area contributed by atoms with Crippen LogP contribution in [-0.4, -0.2) is 11.0 Å². The van der Waals surface area contributed by atoms with Crippen LogP contribution >= 0.6 is 0 Å². The van der Waals surface area contributed by atoms with Crippen LogP contribution in [0.2, 0.25) is 0 Å². The molecule has 0 radical (unpaired) electrons. The topological polar surface area (TPSA) is 42.1 Å². The molecule has 0 bridgehead atoms. The second-order valence-electron chi connectivity index (χ2n) is 3.62. The van der Waals surface area contributed by atoms with Gasteiger partial charge in [-0.2, -0.15) is 0 Å². The van der Waals surface area contributed by atoms with Crippen molar-refractivity contribution >= 4 is 5.97 Å². The fraction of sp³-hybridized carbons (Fsp3) is 0.154. The highest BCUT2D eigenvalue weighted by Gasteiger charge is 2.08. The lowest BCUT2D eigenvalue weighted by Gasteiger charge is -2.03. The third kappa shape index (κ3) is 2.51. The molecule has 0 unspecified atom stereocenters. The second kappa shape index (κ2) is 4.66. The lowest BCUT2D eigenvalue weighted by atomic mass is 10.2. The van der Waals surface area contributed by atoms with E-state index < -0.39 is 0 Å². The molecule has 0 spiro atoms. The van der Waals surface area contributed by atoms with Gasteiger partial charge in [-0.1, -0.05) is 30.3 Å². The van der Waals surface area contributed by atoms with Crippen LogP contribution in [0.5, 0.6) is 0 Å². The molecule has 1 N–H and O–H groups in total. The summed E-state index contributed by atoms with van der Waals surface area (Å²) in [5.74, 6) is -0.322. The standard InChI is InChI=1S/C13H13NO2/c1-10-7-8-12(14-10)13(15)16-9-11-5-3-2-4-6-11/h2-8,14H,9H2,1H3. The Bertz CT molecular complexity index is 474. The minimum Gasteiger partial charge on any atom is -0.456 e. The third-order valence-electron chi connectivity index (χ3n) is 2.26. The van der Waals surface area contributed by atoms with Gasteiger partial charge in [0, 0.05) is 5.69 Å². The van der Waals surface area contributed by atoms with E-state index in [9.17, 15) is 4.79 Å². The van der Waals surface area contributed by atoms with Crippen LogP contribution in [0.15, 0.2) is 42.5 Å². The summed E-state index contributed by atoms with van der Waals surface area (Å²) in [5, 5.41) is 0. The summed E-state index contributed by atoms with van der Waals surface area (Å²) in [6, 6.07) is 13.2. The molecule has 0 atom stereocenters. The summed E-state index contributed by atoms with van der Waals surface area (Å²) in [7, 11) is 0. The van der Waals surface area contributed by atoms with Gasteiger partial charge in [0.25, 0.3) is 0 Å². The second-order valence-corrected chi connectivity index (χ2v) is 3.62. The van der Waals surface area contributed by atoms with Gasteiger partial charge < -0.3 is 9.72 Å². The number of ether oxygens (including phenoxy) is 1. The Morgan fingerprint density at radius 3 is 2.56 bits per heavy atom. The number of benzene rings is 1. The van der Waals surface area contributed by atoms with Crippen LogP contribution in [0.1, 0.15) is 21.7 Å². The van der Waals surface area contributed by atoms with Gasteiger partial charge in [-0.15, -0.1) is 0 Å². The predicted molar refractivity (Wildman–Crippen MR) is 61.1 cm³/mol. The van der Waals surface area contributed by atoms with Crippen molar-refractivity contribution in [2.45, 2.75) is 13.5 Å². The average molecular weight is 215 g/mol. The van der Waals surface area contributed by atoms with Crippen molar-refractivity contribution in [2.75, 3.05) is 0 Å². The first-order valence-corrected chi connectivity index (χ1v) is 5.12. The van der Waals surface area contributed by atoms with Crippen LogP contribution in [0, 0.1) is 6.92 Å². The Balaban J connectivity index is 1.94. The van der Waals surface area contributed by atoms with Crippen LogP contribution in [0.4, 0.5) is 0 Å². The molecule has 3 heteroatoms. The molecule has 1 heterocycles. The van der Waals surface area contributed by atoms with E-state index in [2.05, 4.69) is 4.98 Å². The summed E-state index contributed by atoms with van der Waals surface area (Å²) in [6.07, 6.45) is 0. The van der Waals surface area contributed by atoms with Crippen molar-refractivity contribution < 1.29 is 9.53 Å². The van der Waals surface area contributed by atoms with Gasteiger partial charge in [-0.3, -0.25) is 0 Å². The number of carbonyl (C=O) groups is 1.